The van der Waals surface area contributed by atoms with Gasteiger partial charge in [0.15, 0.2) is 0 Å². The van der Waals surface area contributed by atoms with E-state index in [0.29, 0.717) is 40.2 Å². The molecule has 0 N–H and O–H groups in total. The van der Waals surface area contributed by atoms with Gasteiger partial charge in [-0.1, -0.05) is 84.2 Å². The highest BCUT2D eigenvalue weighted by Crippen LogP contribution is 2.68. The number of carbonyl (C=O) groups is 5. The second kappa shape index (κ2) is 17.1. The normalized spacial score (nSPS) is 36.7. The molecule has 7 aliphatic rings. The van der Waals surface area contributed by atoms with Crippen LogP contribution in [0.5, 0.6) is 5.75 Å². The topological polar surface area (TPSA) is 122 Å². The van der Waals surface area contributed by atoms with Gasteiger partial charge in [-0.25, -0.2) is 4.79 Å². The Morgan fingerprint density at radius 3 is 2.29 bits per heavy atom. The maximum Gasteiger partial charge on any atom is 0.343 e. The van der Waals surface area contributed by atoms with E-state index in [4.69, 9.17) is 18.9 Å². The monoisotopic (exact) mass is 846 g/mol. The molecule has 0 radical (unpaired) electrons. The van der Waals surface area contributed by atoms with Gasteiger partial charge in [-0.05, 0) is 163 Å². The van der Waals surface area contributed by atoms with E-state index in [1.54, 1.807) is 30.3 Å². The molecule has 0 bridgehead atoms. The van der Waals surface area contributed by atoms with E-state index in [1.165, 1.54) is 70.6 Å². The number of hydrogen-bond acceptors (Lipinski definition) is 9. The van der Waals surface area contributed by atoms with Gasteiger partial charge < -0.3 is 18.9 Å². The third-order valence-electron chi connectivity index (χ3n) is 17.8. The molecule has 5 aliphatic carbocycles. The van der Waals surface area contributed by atoms with Crippen LogP contribution < -0.4 is 4.74 Å². The first-order chi connectivity index (χ1) is 29.7. The van der Waals surface area contributed by atoms with Crippen LogP contribution in [-0.4, -0.2) is 42.6 Å². The smallest absolute Gasteiger partial charge is 0.343 e. The molecule has 2 aromatic rings. The van der Waals surface area contributed by atoms with Gasteiger partial charge in [0, 0.05) is 0 Å². The number of esters is 5. The van der Waals surface area contributed by atoms with Gasteiger partial charge in [0.25, 0.3) is 0 Å². The Hall–Kier alpha value is -4.11. The van der Waals surface area contributed by atoms with Crippen LogP contribution in [0, 0.1) is 64.1 Å². The highest BCUT2D eigenvalue weighted by Gasteiger charge is 2.61. The summed E-state index contributed by atoms with van der Waals surface area (Å²) in [5.74, 6) is 0.100. The van der Waals surface area contributed by atoms with Crippen LogP contribution in [0.1, 0.15) is 163 Å². The van der Waals surface area contributed by atoms with Crippen molar-refractivity contribution in [3.63, 3.8) is 0 Å². The Morgan fingerprint density at radius 2 is 1.53 bits per heavy atom. The summed E-state index contributed by atoms with van der Waals surface area (Å²) in [5.41, 5.74) is 3.39. The minimum absolute atomic E-state index is 0.0988. The van der Waals surface area contributed by atoms with Crippen molar-refractivity contribution in [2.24, 2.45) is 64.1 Å². The number of hydrogen-bond donors (Lipinski definition) is 0. The number of cyclic esters (lactones) is 4. The van der Waals surface area contributed by atoms with Gasteiger partial charge in [-0.3, -0.25) is 19.2 Å². The maximum absolute atomic E-state index is 13.3. The molecule has 2 aromatic carbocycles. The van der Waals surface area contributed by atoms with Gasteiger partial charge in [0.1, 0.15) is 5.75 Å². The number of fused-ring (bicyclic) bond motifs is 8. The van der Waals surface area contributed by atoms with Crippen LogP contribution >= 0.6 is 0 Å². The standard InChI is InChI=1S/C53H66O9/c1-30(2)8-6-9-31(3)43-19-20-44-38-17-15-34-26-35(21-23-52(34,4)45(38)22-24-53(43,44)5)59-25-7-10-32-11-13-33(14-12-32)48(55)60-36-16-18-37-39(41-29-46(54)61-49(41)56)28-42-47(40(37)27-36)51(58)62-50(42)57/h7,10-14,16,18,27,30-31,34-35,38-39,41-45,47H,6,8-9,15,17,19-26,28-29H2,1-5H3/t31-,34?,35?,38+,39?,41?,42?,43-,44+,45+,47?,52+,53-/m1/s1. The fourth-order valence-electron chi connectivity index (χ4n) is 14.6. The molecule has 332 valence electrons. The molecule has 2 aliphatic heterocycles. The molecule has 0 spiro atoms. The van der Waals surface area contributed by atoms with Crippen molar-refractivity contribution >= 4 is 35.9 Å². The number of rotatable bonds is 12. The summed E-state index contributed by atoms with van der Waals surface area (Å²) in [4.78, 5) is 63.1. The maximum atomic E-state index is 13.3. The van der Waals surface area contributed by atoms with E-state index >= 15 is 0 Å². The zero-order valence-electron chi connectivity index (χ0n) is 37.4. The van der Waals surface area contributed by atoms with Gasteiger partial charge in [-0.15, -0.1) is 0 Å². The van der Waals surface area contributed by atoms with Crippen molar-refractivity contribution in [3.05, 3.63) is 70.8 Å². The van der Waals surface area contributed by atoms with Crippen LogP contribution in [-0.2, 0) is 33.4 Å². The van der Waals surface area contributed by atoms with E-state index in [-0.39, 0.29) is 18.6 Å². The van der Waals surface area contributed by atoms with Crippen LogP contribution in [0.25, 0.3) is 6.08 Å². The Balaban J connectivity index is 0.766. The average Bonchev–Trinajstić information content (AvgIpc) is 3.88. The molecule has 2 heterocycles. The second-order valence-electron chi connectivity index (χ2n) is 21.4. The molecule has 9 rings (SSSR count). The van der Waals surface area contributed by atoms with Crippen molar-refractivity contribution in [2.75, 3.05) is 6.61 Å². The van der Waals surface area contributed by atoms with Crippen LogP contribution in [0.2, 0.25) is 0 Å². The summed E-state index contributed by atoms with van der Waals surface area (Å²) in [5, 5.41) is 0. The Kier molecular flexibility index (Phi) is 11.9. The lowest BCUT2D eigenvalue weighted by molar-refractivity contribution is -0.155. The van der Waals surface area contributed by atoms with Crippen molar-refractivity contribution in [1.82, 2.24) is 0 Å². The fraction of sp³-hybridized carbons (Fsp3) is 0.642. The lowest BCUT2D eigenvalue weighted by Crippen LogP contribution is -2.54. The SMILES string of the molecule is CC(C)CCC[C@@H](C)[C@H]1CC[C@H]2[C@@H]3CCC4CC(OCC=Cc5ccc(C(=O)Oc6ccc7c(c6)C6C(=O)OC(=O)C6CC7C6CC(=O)OC6=O)cc5)CC[C@]4(C)[C@H]3CC[C@]12C. The van der Waals surface area contributed by atoms with Crippen LogP contribution in [0.15, 0.2) is 48.5 Å². The number of carbonyl (C=O) groups excluding carboxylic acids is 5. The first-order valence-electron chi connectivity index (χ1n) is 24.0. The molecule has 13 atom stereocenters. The largest absolute Gasteiger partial charge is 0.423 e. The van der Waals surface area contributed by atoms with E-state index in [1.807, 2.05) is 18.2 Å². The molecule has 2 saturated heterocycles. The first-order valence-corrected chi connectivity index (χ1v) is 24.0. The van der Waals surface area contributed by atoms with Gasteiger partial charge in [0.05, 0.1) is 42.4 Å². The Bertz CT molecular complexity index is 2100. The van der Waals surface area contributed by atoms with E-state index in [0.717, 1.165) is 53.4 Å². The first kappa shape index (κ1) is 43.2. The fourth-order valence-corrected chi connectivity index (χ4v) is 14.6. The zero-order chi connectivity index (χ0) is 43.5. The molecule has 0 aromatic heterocycles. The molecule has 9 nitrogen and oxygen atoms in total. The molecule has 9 heteroatoms. The summed E-state index contributed by atoms with van der Waals surface area (Å²) in [6, 6.07) is 12.1. The lowest BCUT2D eigenvalue weighted by Gasteiger charge is -2.61. The number of benzene rings is 2. The second-order valence-corrected chi connectivity index (χ2v) is 21.4. The highest BCUT2D eigenvalue weighted by molar-refractivity contribution is 6.01. The molecular formula is C53H66O9. The third kappa shape index (κ3) is 7.91. The van der Waals surface area contributed by atoms with Gasteiger partial charge in [-0.2, -0.15) is 0 Å². The quantitative estimate of drug-likeness (QED) is 0.117. The van der Waals surface area contributed by atoms with E-state index < -0.39 is 53.5 Å². The highest BCUT2D eigenvalue weighted by atomic mass is 16.6. The van der Waals surface area contributed by atoms with Gasteiger partial charge in [0.2, 0.25) is 0 Å². The minimum atomic E-state index is -0.874. The Morgan fingerprint density at radius 1 is 0.774 bits per heavy atom. The summed E-state index contributed by atoms with van der Waals surface area (Å²) in [6.45, 7) is 13.2. The lowest BCUT2D eigenvalue weighted by atomic mass is 9.44. The minimum Gasteiger partial charge on any atom is -0.423 e. The third-order valence-corrected chi connectivity index (χ3v) is 17.8. The molecule has 4 saturated carbocycles. The van der Waals surface area contributed by atoms with E-state index in [2.05, 4.69) is 40.7 Å². The summed E-state index contributed by atoms with van der Waals surface area (Å²) in [6.07, 6.45) is 20.8. The number of ether oxygens (including phenoxy) is 4. The predicted molar refractivity (Wildman–Crippen MR) is 234 cm³/mol. The molecule has 6 fully saturated rings. The van der Waals surface area contributed by atoms with Crippen molar-refractivity contribution in [1.29, 1.82) is 0 Å². The van der Waals surface area contributed by atoms with Crippen molar-refractivity contribution < 1.29 is 42.9 Å². The predicted octanol–water partition coefficient (Wildman–Crippen LogP) is 10.8. The molecule has 6 unspecified atom stereocenters. The average molecular weight is 847 g/mol. The summed E-state index contributed by atoms with van der Waals surface area (Å²) in [7, 11) is 0. The zero-order valence-corrected chi connectivity index (χ0v) is 37.4. The summed E-state index contributed by atoms with van der Waals surface area (Å²) < 4.78 is 22.0. The van der Waals surface area contributed by atoms with Crippen LogP contribution in [0.4, 0.5) is 0 Å². The van der Waals surface area contributed by atoms with Crippen molar-refractivity contribution in [2.45, 2.75) is 142 Å². The van der Waals surface area contributed by atoms with Crippen molar-refractivity contribution in [3.8, 4) is 5.75 Å². The molecule has 62 heavy (non-hydrogen) atoms. The van der Waals surface area contributed by atoms with Gasteiger partial charge >= 0.3 is 29.8 Å². The molecule has 0 amide bonds. The summed E-state index contributed by atoms with van der Waals surface area (Å²) >= 11 is 0. The van der Waals surface area contributed by atoms with Crippen LogP contribution in [0.3, 0.4) is 0 Å². The van der Waals surface area contributed by atoms with E-state index in [9.17, 15) is 24.0 Å². The Labute approximate surface area is 367 Å². The molecular weight excluding hydrogens is 781 g/mol.